The van der Waals surface area contributed by atoms with Crippen molar-refractivity contribution in [2.24, 2.45) is 5.10 Å². The van der Waals surface area contributed by atoms with E-state index in [-0.39, 0.29) is 23.7 Å². The lowest BCUT2D eigenvalue weighted by Crippen LogP contribution is -2.26. The molecule has 9 nitrogen and oxygen atoms in total. The molecule has 1 atom stereocenters. The molecule has 2 aromatic carbocycles. The zero-order valence-electron chi connectivity index (χ0n) is 17.3. The van der Waals surface area contributed by atoms with Gasteiger partial charge in [-0.05, 0) is 35.9 Å². The van der Waals surface area contributed by atoms with Crippen molar-refractivity contribution in [2.45, 2.75) is 12.5 Å². The summed E-state index contributed by atoms with van der Waals surface area (Å²) < 4.78 is 36.1. The van der Waals surface area contributed by atoms with Gasteiger partial charge in [0, 0.05) is 17.7 Å². The highest BCUT2D eigenvalue weighted by Crippen LogP contribution is 2.41. The van der Waals surface area contributed by atoms with Gasteiger partial charge in [-0.25, -0.2) is 13.4 Å². The van der Waals surface area contributed by atoms with E-state index >= 15 is 0 Å². The largest absolute Gasteiger partial charge is 0.504 e. The Morgan fingerprint density at radius 2 is 2.00 bits per heavy atom. The van der Waals surface area contributed by atoms with E-state index in [9.17, 15) is 18.3 Å². The third kappa shape index (κ3) is 4.30. The number of furan rings is 1. The van der Waals surface area contributed by atoms with Crippen molar-refractivity contribution in [2.75, 3.05) is 18.1 Å². The van der Waals surface area contributed by atoms with Gasteiger partial charge in [-0.15, -0.1) is 0 Å². The van der Waals surface area contributed by atoms with Crippen molar-refractivity contribution in [3.8, 4) is 11.5 Å². The molecule has 0 bridgehead atoms. The number of para-hydroxylation sites is 1. The molecule has 1 aliphatic heterocycles. The van der Waals surface area contributed by atoms with Gasteiger partial charge in [0.05, 0.1) is 31.4 Å². The molecular formula is C22H21N3O6S. The highest BCUT2D eigenvalue weighted by molar-refractivity contribution is 7.92. The number of carbonyl (C=O) groups excluding carboxylic acids is 1. The average Bonchev–Trinajstić information content (AvgIpc) is 3.43. The Hall–Kier alpha value is -3.79. The standard InChI is InChI=1S/C22H21N3O6S/c1-30-19-9-4-8-16(21(19)26)18-13-17(23-25(18)22(27)20-10-5-11-31-20)14-6-3-7-15(12-14)24-32(2,28)29/h3-12,18,24,26H,13H2,1-2H3/t18-/m1/s1. The van der Waals surface area contributed by atoms with Crippen LogP contribution in [0.1, 0.15) is 34.1 Å². The van der Waals surface area contributed by atoms with E-state index in [0.717, 1.165) is 6.26 Å². The maximum absolute atomic E-state index is 13.1. The molecule has 3 aromatic rings. The number of methoxy groups -OCH3 is 1. The number of phenolic OH excluding ortho intramolecular Hbond substituents is 1. The fourth-order valence-corrected chi connectivity index (χ4v) is 4.13. The Morgan fingerprint density at radius 3 is 2.69 bits per heavy atom. The second kappa shape index (κ2) is 8.39. The van der Waals surface area contributed by atoms with Gasteiger partial charge in [0.2, 0.25) is 10.0 Å². The van der Waals surface area contributed by atoms with Gasteiger partial charge in [0.15, 0.2) is 17.3 Å². The quantitative estimate of drug-likeness (QED) is 0.588. The van der Waals surface area contributed by atoms with Crippen molar-refractivity contribution in [1.82, 2.24) is 5.01 Å². The predicted molar refractivity (Wildman–Crippen MR) is 118 cm³/mol. The molecule has 1 aliphatic rings. The summed E-state index contributed by atoms with van der Waals surface area (Å²) in [6, 6.07) is 14.3. The lowest BCUT2D eigenvalue weighted by molar-refractivity contribution is 0.0676. The first-order valence-electron chi connectivity index (χ1n) is 9.65. The van der Waals surface area contributed by atoms with Gasteiger partial charge in [0.1, 0.15) is 0 Å². The Labute approximate surface area is 185 Å². The fourth-order valence-electron chi connectivity index (χ4n) is 3.58. The van der Waals surface area contributed by atoms with Crippen molar-refractivity contribution in [3.05, 3.63) is 77.7 Å². The molecule has 0 saturated carbocycles. The number of nitrogens with one attached hydrogen (secondary N) is 1. The molecule has 0 unspecified atom stereocenters. The van der Waals surface area contributed by atoms with Gasteiger partial charge in [-0.2, -0.15) is 5.10 Å². The number of hydrogen-bond donors (Lipinski definition) is 2. The number of hydrazone groups is 1. The number of phenols is 1. The smallest absolute Gasteiger partial charge is 0.310 e. The number of carbonyl (C=O) groups is 1. The molecule has 0 aliphatic carbocycles. The topological polar surface area (TPSA) is 121 Å². The number of hydrogen-bond acceptors (Lipinski definition) is 7. The molecule has 10 heteroatoms. The van der Waals surface area contributed by atoms with E-state index in [0.29, 0.717) is 22.5 Å². The molecule has 2 N–H and O–H groups in total. The lowest BCUT2D eigenvalue weighted by atomic mass is 9.97. The van der Waals surface area contributed by atoms with Crippen LogP contribution >= 0.6 is 0 Å². The molecule has 1 amide bonds. The summed E-state index contributed by atoms with van der Waals surface area (Å²) in [4.78, 5) is 13.1. The first-order chi connectivity index (χ1) is 15.3. The van der Waals surface area contributed by atoms with E-state index in [2.05, 4.69) is 9.82 Å². The summed E-state index contributed by atoms with van der Waals surface area (Å²) in [6.07, 6.45) is 2.75. The third-order valence-electron chi connectivity index (χ3n) is 4.96. The number of nitrogens with zero attached hydrogens (tertiary/aromatic N) is 2. The average molecular weight is 455 g/mol. The van der Waals surface area contributed by atoms with E-state index in [1.165, 1.54) is 24.4 Å². The van der Waals surface area contributed by atoms with Crippen molar-refractivity contribution in [1.29, 1.82) is 0 Å². The summed E-state index contributed by atoms with van der Waals surface area (Å²) in [5, 5.41) is 16.5. The number of benzene rings is 2. The Balaban J connectivity index is 1.75. The number of amides is 1. The highest BCUT2D eigenvalue weighted by Gasteiger charge is 2.36. The number of rotatable bonds is 6. The molecule has 0 radical (unpaired) electrons. The highest BCUT2D eigenvalue weighted by atomic mass is 32.2. The van der Waals surface area contributed by atoms with Crippen LogP contribution in [0.4, 0.5) is 5.69 Å². The minimum absolute atomic E-state index is 0.0822. The van der Waals surface area contributed by atoms with Crippen molar-refractivity contribution >= 4 is 27.3 Å². The zero-order valence-corrected chi connectivity index (χ0v) is 18.2. The maximum Gasteiger partial charge on any atom is 0.310 e. The van der Waals surface area contributed by atoms with E-state index in [1.54, 1.807) is 48.5 Å². The Kier molecular flexibility index (Phi) is 5.62. The third-order valence-corrected chi connectivity index (χ3v) is 5.57. The van der Waals surface area contributed by atoms with Crippen molar-refractivity contribution < 1.29 is 27.5 Å². The van der Waals surface area contributed by atoms with E-state index in [1.807, 2.05) is 0 Å². The fraction of sp³-hybridized carbons (Fsp3) is 0.182. The summed E-state index contributed by atoms with van der Waals surface area (Å²) >= 11 is 0. The van der Waals surface area contributed by atoms with Gasteiger partial charge < -0.3 is 14.3 Å². The Bertz CT molecular complexity index is 1280. The molecule has 2 heterocycles. The zero-order chi connectivity index (χ0) is 22.9. The molecule has 0 saturated heterocycles. The second-order valence-corrected chi connectivity index (χ2v) is 9.00. The molecule has 32 heavy (non-hydrogen) atoms. The molecule has 1 aromatic heterocycles. The van der Waals surface area contributed by atoms with Crippen LogP contribution in [0.3, 0.4) is 0 Å². The lowest BCUT2D eigenvalue weighted by Gasteiger charge is -2.22. The van der Waals surface area contributed by atoms with E-state index < -0.39 is 22.0 Å². The van der Waals surface area contributed by atoms with Crippen LogP contribution < -0.4 is 9.46 Å². The van der Waals surface area contributed by atoms with Crippen LogP contribution in [-0.2, 0) is 10.0 Å². The van der Waals surface area contributed by atoms with Crippen LogP contribution in [0.5, 0.6) is 11.5 Å². The van der Waals surface area contributed by atoms with Gasteiger partial charge in [-0.1, -0.05) is 24.3 Å². The van der Waals surface area contributed by atoms with E-state index in [4.69, 9.17) is 9.15 Å². The molecule has 4 rings (SSSR count). The first-order valence-corrected chi connectivity index (χ1v) is 11.5. The van der Waals surface area contributed by atoms with Crippen LogP contribution in [0, 0.1) is 0 Å². The van der Waals surface area contributed by atoms with Gasteiger partial charge in [-0.3, -0.25) is 9.52 Å². The minimum Gasteiger partial charge on any atom is -0.504 e. The second-order valence-electron chi connectivity index (χ2n) is 7.25. The maximum atomic E-state index is 13.1. The molecule has 0 fully saturated rings. The summed E-state index contributed by atoms with van der Waals surface area (Å²) in [6.45, 7) is 0. The number of anilines is 1. The summed E-state index contributed by atoms with van der Waals surface area (Å²) in [5.74, 6) is -0.167. The van der Waals surface area contributed by atoms with Gasteiger partial charge >= 0.3 is 5.91 Å². The first kappa shape index (κ1) is 21.4. The normalized spacial score (nSPS) is 16.0. The number of ether oxygens (including phenoxy) is 1. The number of sulfonamides is 1. The molecule has 166 valence electrons. The molecular weight excluding hydrogens is 434 g/mol. The van der Waals surface area contributed by atoms with Crippen LogP contribution in [-0.4, -0.2) is 43.5 Å². The monoisotopic (exact) mass is 455 g/mol. The Morgan fingerprint density at radius 1 is 1.22 bits per heavy atom. The van der Waals surface area contributed by atoms with Crippen LogP contribution in [0.25, 0.3) is 0 Å². The summed E-state index contributed by atoms with van der Waals surface area (Å²) in [7, 11) is -2.01. The van der Waals surface area contributed by atoms with Crippen molar-refractivity contribution in [3.63, 3.8) is 0 Å². The summed E-state index contributed by atoms with van der Waals surface area (Å²) in [5.41, 5.74) is 2.03. The predicted octanol–water partition coefficient (Wildman–Crippen LogP) is 3.36. The molecule has 0 spiro atoms. The SMILES string of the molecule is COc1cccc([C@H]2CC(c3cccc(NS(C)(=O)=O)c3)=NN2C(=O)c2ccco2)c1O. The number of aromatic hydroxyl groups is 1. The minimum atomic E-state index is -3.45. The van der Waals surface area contributed by atoms with Gasteiger partial charge in [0.25, 0.3) is 0 Å². The van der Waals surface area contributed by atoms with Crippen LogP contribution in [0.15, 0.2) is 70.4 Å². The van der Waals surface area contributed by atoms with Crippen LogP contribution in [0.2, 0.25) is 0 Å².